The largest absolute Gasteiger partial charge is 0.455 e. The Kier molecular flexibility index (Phi) is 6.82. The first-order valence-electron chi connectivity index (χ1n) is 18.1. The molecule has 0 amide bonds. The van der Waals surface area contributed by atoms with E-state index in [2.05, 4.69) is 140 Å². The van der Waals surface area contributed by atoms with Crippen LogP contribution in [0.5, 0.6) is 0 Å². The molecule has 3 aromatic heterocycles. The summed E-state index contributed by atoms with van der Waals surface area (Å²) in [5.74, 6) is 0.661. The molecule has 4 heteroatoms. The average Bonchev–Trinajstić information content (AvgIpc) is 3.82. The highest BCUT2D eigenvalue weighted by molar-refractivity contribution is 6.12. The minimum atomic E-state index is 0.661. The van der Waals surface area contributed by atoms with Crippen molar-refractivity contribution in [1.29, 1.82) is 0 Å². The van der Waals surface area contributed by atoms with Crippen LogP contribution < -0.4 is 0 Å². The number of hydrogen-bond acceptors (Lipinski definition) is 4. The number of hydrogen-bond donors (Lipinski definition) is 0. The van der Waals surface area contributed by atoms with Crippen molar-refractivity contribution in [3.05, 3.63) is 182 Å². The van der Waals surface area contributed by atoms with Gasteiger partial charge < -0.3 is 8.83 Å². The van der Waals surface area contributed by atoms with Gasteiger partial charge in [0.25, 0.3) is 0 Å². The molecule has 0 N–H and O–H groups in total. The number of aromatic nitrogens is 2. The molecule has 0 aliphatic heterocycles. The maximum Gasteiger partial charge on any atom is 0.160 e. The van der Waals surface area contributed by atoms with Gasteiger partial charge in [0, 0.05) is 49.4 Å². The average molecular weight is 691 g/mol. The van der Waals surface area contributed by atoms with Gasteiger partial charge in [-0.05, 0) is 52.2 Å². The lowest BCUT2D eigenvalue weighted by atomic mass is 9.91. The molecule has 0 radical (unpaired) electrons. The fourth-order valence-electron chi connectivity index (χ4n) is 7.89. The summed E-state index contributed by atoms with van der Waals surface area (Å²) in [6.45, 7) is 0. The molecule has 0 spiro atoms. The third kappa shape index (κ3) is 4.92. The van der Waals surface area contributed by atoms with Crippen LogP contribution in [0, 0.1) is 0 Å². The van der Waals surface area contributed by atoms with Gasteiger partial charge in [0.15, 0.2) is 5.82 Å². The lowest BCUT2D eigenvalue weighted by Crippen LogP contribution is -1.97. The summed E-state index contributed by atoms with van der Waals surface area (Å²) in [7, 11) is 0. The topological polar surface area (TPSA) is 52.1 Å². The molecule has 4 nitrogen and oxygen atoms in total. The van der Waals surface area contributed by atoms with E-state index in [1.807, 2.05) is 42.5 Å². The molecule has 3 heterocycles. The molecule has 0 fully saturated rings. The van der Waals surface area contributed by atoms with Gasteiger partial charge in [-0.3, -0.25) is 0 Å². The van der Waals surface area contributed by atoms with Crippen LogP contribution in [0.3, 0.4) is 0 Å². The van der Waals surface area contributed by atoms with Gasteiger partial charge in [0.05, 0.1) is 11.4 Å². The SMILES string of the molecule is c1ccc(-c2nc(-c3ccc4ccccc4c3)cc(-c3cc(-c4cccc5c4oc4ccccc45)ccc3-c3cccc4c3oc3ccccc34)n2)cc1. The van der Waals surface area contributed by atoms with Gasteiger partial charge in [-0.15, -0.1) is 0 Å². The quantitative estimate of drug-likeness (QED) is 0.180. The van der Waals surface area contributed by atoms with Crippen molar-refractivity contribution in [3.8, 4) is 56.2 Å². The zero-order valence-electron chi connectivity index (χ0n) is 29.0. The molecule has 54 heavy (non-hydrogen) atoms. The first kappa shape index (κ1) is 30.3. The highest BCUT2D eigenvalue weighted by Gasteiger charge is 2.20. The summed E-state index contributed by atoms with van der Waals surface area (Å²) in [4.78, 5) is 10.5. The van der Waals surface area contributed by atoms with E-state index in [1.165, 1.54) is 5.39 Å². The van der Waals surface area contributed by atoms with Crippen molar-refractivity contribution >= 4 is 54.6 Å². The van der Waals surface area contributed by atoms with Gasteiger partial charge in [-0.25, -0.2) is 9.97 Å². The molecule has 11 aromatic rings. The van der Waals surface area contributed by atoms with Crippen LogP contribution in [-0.2, 0) is 0 Å². The molecular weight excluding hydrogens is 661 g/mol. The molecule has 0 aliphatic carbocycles. The Morgan fingerprint density at radius 3 is 1.67 bits per heavy atom. The lowest BCUT2D eigenvalue weighted by molar-refractivity contribution is 0.669. The van der Waals surface area contributed by atoms with Gasteiger partial charge in [0.1, 0.15) is 22.3 Å². The zero-order chi connectivity index (χ0) is 35.6. The Hall–Kier alpha value is -7.30. The van der Waals surface area contributed by atoms with Crippen LogP contribution in [-0.4, -0.2) is 9.97 Å². The second kappa shape index (κ2) is 12.1. The molecular formula is C50H30N2O2. The van der Waals surface area contributed by atoms with E-state index < -0.39 is 0 Å². The number of fused-ring (bicyclic) bond motifs is 7. The molecule has 0 aliphatic rings. The molecule has 8 aromatic carbocycles. The number of benzene rings is 8. The Labute approximate surface area is 310 Å². The molecule has 0 unspecified atom stereocenters. The number of rotatable bonds is 5. The van der Waals surface area contributed by atoms with E-state index in [1.54, 1.807) is 0 Å². The Bertz CT molecular complexity index is 3230. The van der Waals surface area contributed by atoms with E-state index in [-0.39, 0.29) is 0 Å². The Morgan fingerprint density at radius 1 is 0.315 bits per heavy atom. The monoisotopic (exact) mass is 690 g/mol. The van der Waals surface area contributed by atoms with Crippen LogP contribution in [0.1, 0.15) is 0 Å². The maximum atomic E-state index is 6.61. The minimum absolute atomic E-state index is 0.661. The summed E-state index contributed by atoms with van der Waals surface area (Å²) in [6, 6.07) is 63.2. The highest BCUT2D eigenvalue weighted by Crippen LogP contribution is 2.43. The fourth-order valence-corrected chi connectivity index (χ4v) is 7.89. The predicted molar refractivity (Wildman–Crippen MR) is 221 cm³/mol. The summed E-state index contributed by atoms with van der Waals surface area (Å²) in [5, 5.41) is 6.71. The maximum absolute atomic E-state index is 6.61. The molecule has 11 rings (SSSR count). The second-order valence-electron chi connectivity index (χ2n) is 13.7. The third-order valence-electron chi connectivity index (χ3n) is 10.5. The summed E-state index contributed by atoms with van der Waals surface area (Å²) in [6.07, 6.45) is 0. The summed E-state index contributed by atoms with van der Waals surface area (Å²) in [5.41, 5.74) is 12.1. The fraction of sp³-hybridized carbons (Fsp3) is 0. The first-order chi connectivity index (χ1) is 26.7. The van der Waals surface area contributed by atoms with Crippen LogP contribution in [0.15, 0.2) is 191 Å². The van der Waals surface area contributed by atoms with Crippen molar-refractivity contribution in [3.63, 3.8) is 0 Å². The van der Waals surface area contributed by atoms with E-state index in [9.17, 15) is 0 Å². The van der Waals surface area contributed by atoms with Crippen LogP contribution in [0.2, 0.25) is 0 Å². The van der Waals surface area contributed by atoms with Crippen molar-refractivity contribution in [2.45, 2.75) is 0 Å². The van der Waals surface area contributed by atoms with Gasteiger partial charge in [-0.1, -0.05) is 152 Å². The Balaban J connectivity index is 1.20. The predicted octanol–water partition coefficient (Wildman–Crippen LogP) is 13.8. The van der Waals surface area contributed by atoms with E-state index in [4.69, 9.17) is 18.8 Å². The van der Waals surface area contributed by atoms with E-state index >= 15 is 0 Å². The van der Waals surface area contributed by atoms with E-state index in [0.717, 1.165) is 99.6 Å². The lowest BCUT2D eigenvalue weighted by Gasteiger charge is -2.15. The van der Waals surface area contributed by atoms with Crippen molar-refractivity contribution in [2.24, 2.45) is 0 Å². The highest BCUT2D eigenvalue weighted by atomic mass is 16.3. The molecule has 0 atom stereocenters. The van der Waals surface area contributed by atoms with Crippen molar-refractivity contribution < 1.29 is 8.83 Å². The number of para-hydroxylation sites is 4. The number of furan rings is 2. The zero-order valence-corrected chi connectivity index (χ0v) is 29.0. The summed E-state index contributed by atoms with van der Waals surface area (Å²) < 4.78 is 13.2. The Morgan fingerprint density at radius 2 is 0.907 bits per heavy atom. The second-order valence-corrected chi connectivity index (χ2v) is 13.7. The summed E-state index contributed by atoms with van der Waals surface area (Å²) >= 11 is 0. The third-order valence-corrected chi connectivity index (χ3v) is 10.5. The standard InChI is InChI=1S/C50H30N2O2/c1-2-13-32(14-3-1)50-51-44(35-25-24-31-12-4-5-15-33(31)28-35)30-45(52-50)43-29-34(36-18-10-20-41-38-16-6-8-22-46(38)53-48(36)41)26-27-37(43)40-19-11-21-42-39-17-7-9-23-47(39)54-49(40)42/h1-30H. The first-order valence-corrected chi connectivity index (χ1v) is 18.1. The normalized spacial score (nSPS) is 11.7. The van der Waals surface area contributed by atoms with Crippen LogP contribution >= 0.6 is 0 Å². The number of nitrogens with zero attached hydrogens (tertiary/aromatic N) is 2. The molecule has 0 saturated heterocycles. The van der Waals surface area contributed by atoms with Gasteiger partial charge in [0.2, 0.25) is 0 Å². The van der Waals surface area contributed by atoms with Crippen molar-refractivity contribution in [1.82, 2.24) is 9.97 Å². The van der Waals surface area contributed by atoms with Gasteiger partial charge in [-0.2, -0.15) is 0 Å². The van der Waals surface area contributed by atoms with Gasteiger partial charge >= 0.3 is 0 Å². The molecule has 0 bridgehead atoms. The van der Waals surface area contributed by atoms with Crippen LogP contribution in [0.4, 0.5) is 0 Å². The van der Waals surface area contributed by atoms with Crippen molar-refractivity contribution in [2.75, 3.05) is 0 Å². The van der Waals surface area contributed by atoms with Crippen LogP contribution in [0.25, 0.3) is 111 Å². The van der Waals surface area contributed by atoms with E-state index in [0.29, 0.717) is 5.82 Å². The molecule has 252 valence electrons. The molecule has 0 saturated carbocycles. The minimum Gasteiger partial charge on any atom is -0.455 e. The smallest absolute Gasteiger partial charge is 0.160 e.